The minimum absolute atomic E-state index is 0.0457. The zero-order chi connectivity index (χ0) is 84.2. The summed E-state index contributed by atoms with van der Waals surface area (Å²) >= 11 is 0. The SMILES string of the molecule is CC1=CCC(C)CC1.CC1=CCC(C)CC1.CC1CCC(C)CC1.Cc1c(C)c(C)c(C)c(C)c1C.Cc1c(C)c(C)c(F)c(C)c1C.Cc1c(C)c(C)c(F)c(C)c1C.Cc1c(C)c(C)c(F)c(F)c1C.Cc1c(C)c(F)c(C)c(C)c1F.Cc1c(C)c(F)c(C)c(F)c1C.Cc1c(C)c(F)c(C)c(F)c1C. The smallest absolute Gasteiger partial charge is 0.162 e. The number of rotatable bonds is 0. The van der Waals surface area contributed by atoms with E-state index in [4.69, 9.17) is 0 Å². The Morgan fingerprint density at radius 1 is 0.157 bits per heavy atom. The molecule has 0 nitrogen and oxygen atoms in total. The molecule has 0 bridgehead atoms. The molecule has 0 aliphatic heterocycles. The maximum absolute atomic E-state index is 13.4. The van der Waals surface area contributed by atoms with E-state index >= 15 is 0 Å². The van der Waals surface area contributed by atoms with Gasteiger partial charge in [-0.2, -0.15) is 0 Å². The molecule has 10 rings (SSSR count). The fourth-order valence-electron chi connectivity index (χ4n) is 13.2. The summed E-state index contributed by atoms with van der Waals surface area (Å²) in [7, 11) is 0. The van der Waals surface area contributed by atoms with E-state index in [2.05, 4.69) is 95.2 Å². The first-order chi connectivity index (χ1) is 49.6. The van der Waals surface area contributed by atoms with Crippen LogP contribution in [0.5, 0.6) is 0 Å². The topological polar surface area (TPSA) is 0 Å². The van der Waals surface area contributed by atoms with Crippen LogP contribution in [0.4, 0.5) is 43.9 Å². The Morgan fingerprint density at radius 2 is 0.278 bits per heavy atom. The van der Waals surface area contributed by atoms with Crippen molar-refractivity contribution in [2.24, 2.45) is 23.7 Å². The monoisotopic (exact) mass is 1510 g/mol. The highest BCUT2D eigenvalue weighted by Gasteiger charge is 2.20. The van der Waals surface area contributed by atoms with Crippen molar-refractivity contribution in [2.45, 2.75) is 327 Å². The van der Waals surface area contributed by atoms with Gasteiger partial charge in [-0.15, -0.1) is 0 Å². The van der Waals surface area contributed by atoms with Crippen molar-refractivity contribution in [3.8, 4) is 0 Å². The molecule has 0 amide bonds. The second kappa shape index (κ2) is 44.4. The van der Waals surface area contributed by atoms with Crippen LogP contribution in [0.15, 0.2) is 23.3 Å². The van der Waals surface area contributed by atoms with Crippen LogP contribution in [0, 0.1) is 303 Å². The minimum Gasteiger partial charge on any atom is -0.206 e. The summed E-state index contributed by atoms with van der Waals surface area (Å²) in [6, 6.07) is 0. The van der Waals surface area contributed by atoms with Gasteiger partial charge < -0.3 is 0 Å². The molecule has 108 heavy (non-hydrogen) atoms. The summed E-state index contributed by atoms with van der Waals surface area (Å²) in [6.45, 7) is 72.7. The van der Waals surface area contributed by atoms with E-state index in [0.717, 1.165) is 79.3 Å². The van der Waals surface area contributed by atoms with Crippen molar-refractivity contribution in [3.05, 3.63) is 260 Å². The molecule has 1 saturated carbocycles. The number of hydrogen-bond donors (Lipinski definition) is 0. The van der Waals surface area contributed by atoms with Gasteiger partial charge in [-0.05, 0) is 465 Å². The standard InChI is InChI=1S/C12H18.2C11H15F.4C10H12F2.C8H16.2C8H14/c1-7-8(2)10(4)12(6)11(5)9(7)3;2*1-6-7(2)9(4)11(12)10(5)8(6)3;1-5-6(2)10(12)8(4)7(3)9(5)11;2*1-5-6(2)9(11)8(4)10(12)7(5)3;1-5-6(2)8(4)10(12)9(11)7(5)3;3*1-7-3-5-8(2)6-4-7/h1-6H3;2*1-5H3;4*1-4H3;7-8H,3-6H2,1-2H3;2*3,8H,4-6H2,1-2H3. The fraction of sp³-hybridized carbons (Fsp3) is 0.531. The Bertz CT molecular complexity index is 2870. The average molecular weight is 1510 g/mol. The maximum atomic E-state index is 13.4. The Kier molecular flexibility index (Phi) is 40.8. The predicted molar refractivity (Wildman–Crippen MR) is 447 cm³/mol. The Morgan fingerprint density at radius 3 is 0.417 bits per heavy atom. The van der Waals surface area contributed by atoms with Gasteiger partial charge in [0.1, 0.15) is 46.5 Å². The third-order valence-corrected chi connectivity index (χ3v) is 25.2. The molecule has 7 aromatic rings. The van der Waals surface area contributed by atoms with Crippen LogP contribution in [0.3, 0.4) is 0 Å². The molecule has 3 aliphatic rings. The first-order valence-electron chi connectivity index (χ1n) is 39.1. The first-order valence-corrected chi connectivity index (χ1v) is 39.1. The van der Waals surface area contributed by atoms with Crippen molar-refractivity contribution in [1.29, 1.82) is 0 Å². The van der Waals surface area contributed by atoms with Crippen LogP contribution in [0.2, 0.25) is 0 Å². The molecule has 2 unspecified atom stereocenters. The summed E-state index contributed by atoms with van der Waals surface area (Å²) in [4.78, 5) is 0. The highest BCUT2D eigenvalue weighted by atomic mass is 19.2. The fourth-order valence-corrected chi connectivity index (χ4v) is 13.2. The molecular formula is C98H140F10. The third-order valence-electron chi connectivity index (χ3n) is 25.2. The van der Waals surface area contributed by atoms with Crippen molar-refractivity contribution in [1.82, 2.24) is 0 Å². The molecule has 7 aromatic carbocycles. The van der Waals surface area contributed by atoms with Gasteiger partial charge in [0, 0.05) is 11.1 Å². The molecule has 2 atom stereocenters. The third kappa shape index (κ3) is 26.2. The first kappa shape index (κ1) is 99.3. The molecule has 0 N–H and O–H groups in total. The molecule has 10 heteroatoms. The lowest BCUT2D eigenvalue weighted by Crippen LogP contribution is -2.08. The molecule has 1 fully saturated rings. The van der Waals surface area contributed by atoms with Crippen LogP contribution in [-0.2, 0) is 0 Å². The lowest BCUT2D eigenvalue weighted by atomic mass is 9.84. The maximum Gasteiger partial charge on any atom is 0.162 e. The zero-order valence-corrected chi connectivity index (χ0v) is 74.3. The average Bonchev–Trinajstić information content (AvgIpc) is 0.855. The van der Waals surface area contributed by atoms with Crippen LogP contribution in [0.25, 0.3) is 0 Å². The van der Waals surface area contributed by atoms with E-state index in [-0.39, 0.29) is 34.4 Å². The summed E-state index contributed by atoms with van der Waals surface area (Å²) in [5.74, 6) is 0.155. The number of halogens is 10. The van der Waals surface area contributed by atoms with E-state index in [1.54, 1.807) is 108 Å². The molecular weight excluding hydrogens is 1370 g/mol. The predicted octanol–water partition coefficient (Wildman–Crippen LogP) is 31.4. The summed E-state index contributed by atoms with van der Waals surface area (Å²) in [5, 5.41) is 0. The van der Waals surface area contributed by atoms with E-state index in [0.29, 0.717) is 66.8 Å². The zero-order valence-electron chi connectivity index (χ0n) is 74.3. The normalized spacial score (nSPS) is 15.5. The lowest BCUT2D eigenvalue weighted by Gasteiger charge is -2.22. The second-order valence-corrected chi connectivity index (χ2v) is 32.4. The van der Waals surface area contributed by atoms with E-state index < -0.39 is 34.9 Å². The highest BCUT2D eigenvalue weighted by Crippen LogP contribution is 2.32. The van der Waals surface area contributed by atoms with Crippen molar-refractivity contribution in [2.75, 3.05) is 0 Å². The van der Waals surface area contributed by atoms with Crippen LogP contribution < -0.4 is 0 Å². The van der Waals surface area contributed by atoms with Gasteiger partial charge in [-0.3, -0.25) is 0 Å². The minimum atomic E-state index is -0.712. The van der Waals surface area contributed by atoms with Gasteiger partial charge in [0.15, 0.2) is 11.6 Å². The molecule has 0 aromatic heterocycles. The number of benzene rings is 7. The highest BCUT2D eigenvalue weighted by molar-refractivity contribution is 5.50. The van der Waals surface area contributed by atoms with Gasteiger partial charge in [-0.1, -0.05) is 76.7 Å². The Labute approximate surface area is 651 Å². The van der Waals surface area contributed by atoms with Gasteiger partial charge in [-0.25, -0.2) is 43.9 Å². The summed E-state index contributed by atoms with van der Waals surface area (Å²) < 4.78 is 132. The van der Waals surface area contributed by atoms with Crippen molar-refractivity contribution in [3.63, 3.8) is 0 Å². The van der Waals surface area contributed by atoms with Crippen LogP contribution >= 0.6 is 0 Å². The van der Waals surface area contributed by atoms with Gasteiger partial charge in [0.2, 0.25) is 0 Å². The molecule has 0 radical (unpaired) electrons. The molecule has 3 aliphatic carbocycles. The van der Waals surface area contributed by atoms with Gasteiger partial charge in [0.25, 0.3) is 0 Å². The van der Waals surface area contributed by atoms with Crippen molar-refractivity contribution < 1.29 is 43.9 Å². The quantitative estimate of drug-likeness (QED) is 0.105. The molecule has 0 heterocycles. The number of hydrogen-bond acceptors (Lipinski definition) is 0. The van der Waals surface area contributed by atoms with Crippen LogP contribution in [0.1, 0.15) is 284 Å². The van der Waals surface area contributed by atoms with Gasteiger partial charge >= 0.3 is 0 Å². The van der Waals surface area contributed by atoms with Gasteiger partial charge in [0.05, 0.1) is 0 Å². The molecule has 0 saturated heterocycles. The molecule has 0 spiro atoms. The Hall–Kier alpha value is -6.68. The number of allylic oxidation sites excluding steroid dienone is 4. The molecule has 602 valence electrons. The Balaban J connectivity index is 0.000000602. The second-order valence-electron chi connectivity index (χ2n) is 32.4. The lowest BCUT2D eigenvalue weighted by molar-refractivity contribution is 0.308. The van der Waals surface area contributed by atoms with E-state index in [1.807, 2.05) is 69.2 Å². The summed E-state index contributed by atoms with van der Waals surface area (Å²) in [5.41, 5.74) is 29.8. The largest absolute Gasteiger partial charge is 0.206 e. The van der Waals surface area contributed by atoms with Crippen molar-refractivity contribution >= 4 is 0 Å². The van der Waals surface area contributed by atoms with E-state index in [9.17, 15) is 43.9 Å². The van der Waals surface area contributed by atoms with E-state index in [1.165, 1.54) is 123 Å². The van der Waals surface area contributed by atoms with Crippen LogP contribution in [-0.4, -0.2) is 0 Å². The summed E-state index contributed by atoms with van der Waals surface area (Å²) in [6.07, 6.45) is 18.7.